The molecule has 12 atom stereocenters. The summed E-state index contributed by atoms with van der Waals surface area (Å²) in [6.07, 6.45) is 2.62. The molecule has 7 rings (SSSR count). The molecule has 19 N–H and O–H groups in total. The lowest BCUT2D eigenvalue weighted by atomic mass is 9.99. The number of rotatable bonds is 47. The molecule has 658 valence electrons. The topological polar surface area (TPSA) is 510 Å². The number of aliphatic hydroxyl groups excluding tert-OH is 3. The lowest BCUT2D eigenvalue weighted by Gasteiger charge is -2.31. The molecule has 6 aromatic rings. The molecule has 0 spiro atoms. The van der Waals surface area contributed by atoms with E-state index in [9.17, 15) is 53.7 Å². The van der Waals surface area contributed by atoms with E-state index >= 15 is 28.8 Å². The number of amides is 14. The van der Waals surface area contributed by atoms with Gasteiger partial charge in [-0.15, -0.1) is 0 Å². The van der Waals surface area contributed by atoms with Crippen LogP contribution in [0.4, 0.5) is 11.4 Å². The Bertz CT molecular complexity index is 4540. The van der Waals surface area contributed by atoms with Crippen LogP contribution in [0.25, 0.3) is 10.8 Å². The first-order valence-corrected chi connectivity index (χ1v) is 41.3. The van der Waals surface area contributed by atoms with Gasteiger partial charge in [0.25, 0.3) is 0 Å². The fourth-order valence-corrected chi connectivity index (χ4v) is 14.0. The molecule has 0 saturated carbocycles. The number of halogens is 1. The molecule has 0 radical (unpaired) electrons. The van der Waals surface area contributed by atoms with Crippen LogP contribution in [0.3, 0.4) is 0 Å². The van der Waals surface area contributed by atoms with Crippen molar-refractivity contribution in [3.05, 3.63) is 173 Å². The van der Waals surface area contributed by atoms with Gasteiger partial charge in [0.1, 0.15) is 66.5 Å². The highest BCUT2D eigenvalue weighted by molar-refractivity contribution is 6.30. The van der Waals surface area contributed by atoms with Crippen LogP contribution < -0.4 is 80.2 Å². The smallest absolute Gasteiger partial charge is 0.247 e. The van der Waals surface area contributed by atoms with Crippen molar-refractivity contribution >= 4 is 116 Å². The Balaban J connectivity index is 1.24. The Morgan fingerprint density at radius 2 is 0.861 bits per heavy atom. The molecule has 1 fully saturated rings. The number of aromatic nitrogens is 1. The van der Waals surface area contributed by atoms with Gasteiger partial charge < -0.3 is 100 Å². The quantitative estimate of drug-likeness (QED) is 0.0190. The summed E-state index contributed by atoms with van der Waals surface area (Å²) in [7, 11) is 0. The highest BCUT2D eigenvalue weighted by Gasteiger charge is 2.41. The molecule has 0 bridgehead atoms. The van der Waals surface area contributed by atoms with E-state index in [1.165, 1.54) is 86.6 Å². The van der Waals surface area contributed by atoms with Crippen LogP contribution in [-0.4, -0.2) is 219 Å². The van der Waals surface area contributed by atoms with Crippen molar-refractivity contribution in [3.8, 4) is 0 Å². The van der Waals surface area contributed by atoms with Crippen molar-refractivity contribution in [2.45, 2.75) is 218 Å². The van der Waals surface area contributed by atoms with Gasteiger partial charge in [-0.05, 0) is 152 Å². The fraction of sp³-hybridized carbons (Fsp3) is 0.460. The first-order valence-electron chi connectivity index (χ1n) is 41.0. The number of fused-ring (bicyclic) bond motifs is 1. The van der Waals surface area contributed by atoms with E-state index in [1.54, 1.807) is 57.2 Å². The maximum absolute atomic E-state index is 15.6. The van der Waals surface area contributed by atoms with Crippen LogP contribution in [0, 0.1) is 5.92 Å². The van der Waals surface area contributed by atoms with E-state index in [1.807, 2.05) is 56.3 Å². The zero-order chi connectivity index (χ0) is 89.1. The zero-order valence-corrected chi connectivity index (χ0v) is 70.8. The molecule has 14 amide bonds. The second-order valence-electron chi connectivity index (χ2n) is 31.2. The molecular formula is C87H116ClN17O17. The lowest BCUT2D eigenvalue weighted by Crippen LogP contribution is -2.62. The zero-order valence-electron chi connectivity index (χ0n) is 70.0. The number of benzene rings is 5. The molecule has 5 aromatic carbocycles. The number of aliphatic hydroxyl groups is 3. The molecule has 0 aliphatic carbocycles. The number of pyridine rings is 1. The molecule has 1 aliphatic rings. The van der Waals surface area contributed by atoms with Gasteiger partial charge >= 0.3 is 0 Å². The van der Waals surface area contributed by atoms with Crippen LogP contribution in [0.5, 0.6) is 0 Å². The summed E-state index contributed by atoms with van der Waals surface area (Å²) in [6, 6.07) is 19.3. The SMILES string of the molecule is CC(=O)N[C@@H](CCO)C(=O)Nc1ccc(C[C@H](NC(=O)[C@H](CO)NC(=O)[C@@H](Cc2cccnc2)NC(=O)[C@@H](Cc2ccc(Cl)cc2)NC(=O)[C@@H](Cc2ccc3ccccc3c2)NC(C)=O)C(=O)N[C@H](Cc2ccc(NC(=O)[C@@H](CCO)NC(C)=O)cc2)C(=O)N[C@@H](CC(C)C)C(=O)N[C@@H](CCCCNC(C)C)C(=O)N2CCC[C@H]2C(=O)N[C@H](C)N)cc1. The van der Waals surface area contributed by atoms with E-state index in [0.717, 1.165) is 10.8 Å². The largest absolute Gasteiger partial charge is 0.396 e. The van der Waals surface area contributed by atoms with Crippen LogP contribution >= 0.6 is 11.6 Å². The predicted molar refractivity (Wildman–Crippen MR) is 458 cm³/mol. The number of unbranched alkanes of at least 4 members (excludes halogenated alkanes) is 1. The van der Waals surface area contributed by atoms with E-state index in [2.05, 4.69) is 79.4 Å². The van der Waals surface area contributed by atoms with Crippen LogP contribution in [0.1, 0.15) is 135 Å². The summed E-state index contributed by atoms with van der Waals surface area (Å²) in [5.41, 5.74) is 8.58. The lowest BCUT2D eigenvalue weighted by molar-refractivity contribution is -0.142. The Morgan fingerprint density at radius 3 is 1.31 bits per heavy atom. The first kappa shape index (κ1) is 97.3. The molecule has 122 heavy (non-hydrogen) atoms. The summed E-state index contributed by atoms with van der Waals surface area (Å²) in [5.74, 6) is -11.0. The van der Waals surface area contributed by atoms with Crippen molar-refractivity contribution in [1.29, 1.82) is 0 Å². The molecule has 34 nitrogen and oxygen atoms in total. The van der Waals surface area contributed by atoms with Gasteiger partial charge in [0.2, 0.25) is 82.7 Å². The average Bonchev–Trinajstić information content (AvgIpc) is 1.65. The Labute approximate surface area is 714 Å². The highest BCUT2D eigenvalue weighted by atomic mass is 35.5. The first-order chi connectivity index (χ1) is 58.2. The third kappa shape index (κ3) is 32.3. The van der Waals surface area contributed by atoms with Gasteiger partial charge in [-0.2, -0.15) is 0 Å². The number of carbonyl (C=O) groups excluding carboxylic acids is 14. The molecule has 2 heterocycles. The number of hydrogen-bond acceptors (Lipinski definition) is 20. The van der Waals surface area contributed by atoms with E-state index < -0.39 is 182 Å². The summed E-state index contributed by atoms with van der Waals surface area (Å²) < 4.78 is 0. The van der Waals surface area contributed by atoms with Crippen LogP contribution in [0.2, 0.25) is 5.02 Å². The number of hydrogen-bond donors (Lipinski definition) is 18. The molecule has 1 aliphatic heterocycles. The molecular weight excluding hydrogens is 1590 g/mol. The third-order valence-electron chi connectivity index (χ3n) is 20.0. The summed E-state index contributed by atoms with van der Waals surface area (Å²) in [4.78, 5) is 203. The molecule has 1 saturated heterocycles. The summed E-state index contributed by atoms with van der Waals surface area (Å²) >= 11 is 6.28. The van der Waals surface area contributed by atoms with Crippen molar-refractivity contribution < 1.29 is 82.4 Å². The Hall–Kier alpha value is -11.8. The highest BCUT2D eigenvalue weighted by Crippen LogP contribution is 2.24. The number of likely N-dealkylation sites (tertiary alicyclic amines) is 1. The fourth-order valence-electron chi connectivity index (χ4n) is 13.9. The van der Waals surface area contributed by atoms with Gasteiger partial charge in [0.15, 0.2) is 0 Å². The summed E-state index contributed by atoms with van der Waals surface area (Å²) in [5, 5.41) is 71.0. The third-order valence-corrected chi connectivity index (χ3v) is 20.2. The predicted octanol–water partition coefficient (Wildman–Crippen LogP) is 1.57. The number of anilines is 2. The van der Waals surface area contributed by atoms with Crippen molar-refractivity contribution in [2.75, 3.05) is 43.5 Å². The monoisotopic (exact) mass is 1710 g/mol. The molecule has 1 aromatic heterocycles. The van der Waals surface area contributed by atoms with Crippen molar-refractivity contribution in [1.82, 2.24) is 73.7 Å². The number of nitrogens with zero attached hydrogens (tertiary/aromatic N) is 2. The standard InChI is InChI=1S/C87H116ClN17O17/c1-50(2)41-69(79(114)98-68(18-11-12-37-91-51(3)4)87(122)105-38-14-19-76(105)86(121)92-52(5)89)99-81(116)72(44-57-23-30-64(31-24-57)96-77(112)66(34-39-106)93-53(6)109)101-83(118)73(45-58-25-32-65(33-26-58)97-78(113)67(35-40-107)94-54(7)110)103-85(120)75(49-108)104-84(119)74(47-60-15-13-36-90-48-60)102-82(117)71(43-56-21-28-63(88)29-22-56)100-80(115)70(95-55(8)111)46-59-20-27-61-16-9-10-17-62(61)42-59/h9-10,13,15-17,20-33,36,42,48,50-52,66-76,91,106-108H,11-12,14,18-19,34-35,37-41,43-47,49,89H2,1-8H3,(H,92,121)(H,93,109)(H,94,110)(H,95,111)(H,96,112)(H,97,113)(H,98,114)(H,99,116)(H,100,115)(H,101,118)(H,102,117)(H,103,120)(H,104,119)/t52-,66-,67+,68+,69+,70-,71-,72-,73+,74-,75+,76+/m1/s1. The molecule has 0 unspecified atom stereocenters. The number of carbonyl (C=O) groups is 14. The van der Waals surface area contributed by atoms with Crippen LogP contribution in [-0.2, 0) is 99.2 Å². The normalized spacial score (nSPS) is 15.2. The molecule has 35 heteroatoms. The van der Waals surface area contributed by atoms with E-state index in [4.69, 9.17) is 17.3 Å². The Kier molecular flexibility index (Phi) is 39.2. The second kappa shape index (κ2) is 49.2. The van der Waals surface area contributed by atoms with E-state index in [-0.39, 0.29) is 81.2 Å². The minimum Gasteiger partial charge on any atom is -0.396 e. The maximum atomic E-state index is 15.6. The van der Waals surface area contributed by atoms with Gasteiger partial charge in [-0.25, -0.2) is 0 Å². The second-order valence-corrected chi connectivity index (χ2v) is 31.6. The maximum Gasteiger partial charge on any atom is 0.247 e. The van der Waals surface area contributed by atoms with Crippen molar-refractivity contribution in [3.63, 3.8) is 0 Å². The Morgan fingerprint density at radius 1 is 0.443 bits per heavy atom. The minimum atomic E-state index is -1.93. The number of nitrogens with one attached hydrogen (secondary N) is 14. The van der Waals surface area contributed by atoms with Gasteiger partial charge in [-0.1, -0.05) is 124 Å². The minimum absolute atomic E-state index is 0.00169. The van der Waals surface area contributed by atoms with Crippen LogP contribution in [0.15, 0.2) is 140 Å². The van der Waals surface area contributed by atoms with Gasteiger partial charge in [0, 0.05) is 107 Å². The number of nitrogens with two attached hydrogens (primary N) is 1. The van der Waals surface area contributed by atoms with Gasteiger partial charge in [0.05, 0.1) is 12.8 Å². The average molecular weight is 1710 g/mol. The van der Waals surface area contributed by atoms with Crippen molar-refractivity contribution in [2.24, 2.45) is 11.7 Å². The van der Waals surface area contributed by atoms with E-state index in [0.29, 0.717) is 65.1 Å². The summed E-state index contributed by atoms with van der Waals surface area (Å²) in [6.45, 7) is 11.6. The van der Waals surface area contributed by atoms with Gasteiger partial charge in [-0.3, -0.25) is 72.1 Å².